The molecule has 5 heteroatoms. The second kappa shape index (κ2) is 9.84. The molecule has 0 amide bonds. The monoisotopic (exact) mass is 372 g/mol. The minimum atomic E-state index is -2.62. The van der Waals surface area contributed by atoms with Crippen molar-refractivity contribution in [1.29, 1.82) is 0 Å². The van der Waals surface area contributed by atoms with Gasteiger partial charge in [0.2, 0.25) is 0 Å². The van der Waals surface area contributed by atoms with Gasteiger partial charge in [-0.05, 0) is 49.4 Å². The Morgan fingerprint density at radius 2 is 1.32 bits per heavy atom. The van der Waals surface area contributed by atoms with E-state index in [1.807, 2.05) is 0 Å². The van der Waals surface area contributed by atoms with Crippen LogP contribution in [0, 0.1) is 23.7 Å². The molecule has 3 unspecified atom stereocenters. The summed E-state index contributed by atoms with van der Waals surface area (Å²) < 4.78 is 24.8. The van der Waals surface area contributed by atoms with Crippen molar-refractivity contribution in [2.45, 2.75) is 85.5 Å². The van der Waals surface area contributed by atoms with E-state index >= 15 is 0 Å². The average molecular weight is 373 g/mol. The molecule has 0 aromatic carbocycles. The Bertz CT molecular complexity index is 355. The lowest BCUT2D eigenvalue weighted by molar-refractivity contribution is 0.0351. The summed E-state index contributed by atoms with van der Waals surface area (Å²) in [7, 11) is -2.62. The summed E-state index contributed by atoms with van der Waals surface area (Å²) in [5.41, 5.74) is 0. The highest BCUT2D eigenvalue weighted by molar-refractivity contribution is 6.60. The third kappa shape index (κ3) is 7.67. The largest absolute Gasteiger partial charge is 0.500 e. The van der Waals surface area contributed by atoms with Gasteiger partial charge in [-0.15, -0.1) is 0 Å². The van der Waals surface area contributed by atoms with E-state index < -0.39 is 8.80 Å². The molecular formula is C20H40O4Si. The SMILES string of the molecule is CC(C)CO[Si](CCC1CCC2OC2C1)(OCC(C)C)OCC(C)C. The number of hydrogen-bond donors (Lipinski definition) is 0. The molecule has 148 valence electrons. The van der Waals surface area contributed by atoms with Gasteiger partial charge in [0, 0.05) is 25.9 Å². The van der Waals surface area contributed by atoms with Gasteiger partial charge < -0.3 is 18.0 Å². The molecule has 1 aliphatic carbocycles. The maximum absolute atomic E-state index is 6.38. The van der Waals surface area contributed by atoms with Crippen molar-refractivity contribution in [3.8, 4) is 0 Å². The zero-order chi connectivity index (χ0) is 18.4. The molecule has 0 radical (unpaired) electrons. The van der Waals surface area contributed by atoms with E-state index in [9.17, 15) is 0 Å². The van der Waals surface area contributed by atoms with Crippen LogP contribution in [0.3, 0.4) is 0 Å². The van der Waals surface area contributed by atoms with Crippen LogP contribution in [-0.2, 0) is 18.0 Å². The van der Waals surface area contributed by atoms with Gasteiger partial charge in [-0.3, -0.25) is 0 Å². The maximum Gasteiger partial charge on any atom is 0.500 e. The third-order valence-electron chi connectivity index (χ3n) is 4.88. The Labute approximate surface area is 156 Å². The molecule has 0 N–H and O–H groups in total. The van der Waals surface area contributed by atoms with Crippen LogP contribution < -0.4 is 0 Å². The molecule has 1 saturated heterocycles. The van der Waals surface area contributed by atoms with E-state index in [0.717, 1.165) is 38.2 Å². The fourth-order valence-corrected chi connectivity index (χ4v) is 6.56. The van der Waals surface area contributed by atoms with Gasteiger partial charge in [-0.25, -0.2) is 0 Å². The summed E-state index contributed by atoms with van der Waals surface area (Å²) in [6.45, 7) is 15.3. The zero-order valence-corrected chi connectivity index (χ0v) is 18.3. The number of epoxide rings is 1. The summed E-state index contributed by atoms with van der Waals surface area (Å²) in [4.78, 5) is 0. The molecule has 2 aliphatic rings. The first-order valence-electron chi connectivity index (χ1n) is 10.4. The Morgan fingerprint density at radius 1 is 0.800 bits per heavy atom. The van der Waals surface area contributed by atoms with Crippen molar-refractivity contribution in [2.24, 2.45) is 23.7 Å². The summed E-state index contributed by atoms with van der Waals surface area (Å²) in [6.07, 6.45) is 5.99. The van der Waals surface area contributed by atoms with Gasteiger partial charge in [0.25, 0.3) is 0 Å². The zero-order valence-electron chi connectivity index (χ0n) is 17.3. The van der Waals surface area contributed by atoms with Crippen molar-refractivity contribution < 1.29 is 18.0 Å². The van der Waals surface area contributed by atoms with Crippen LogP contribution >= 0.6 is 0 Å². The quantitative estimate of drug-likeness (QED) is 0.361. The lowest BCUT2D eigenvalue weighted by atomic mass is 9.88. The van der Waals surface area contributed by atoms with Gasteiger partial charge >= 0.3 is 8.80 Å². The first kappa shape index (κ1) is 21.4. The standard InChI is InChI=1S/C20H40O4Si/c1-15(2)12-21-25(22-13-16(3)4,23-14-17(5)6)10-9-18-7-8-19-20(11-18)24-19/h15-20H,7-14H2,1-6H3. The summed E-state index contributed by atoms with van der Waals surface area (Å²) in [6, 6.07) is 0.946. The van der Waals surface area contributed by atoms with Gasteiger partial charge in [-0.1, -0.05) is 41.5 Å². The molecule has 1 heterocycles. The molecule has 0 bridgehead atoms. The van der Waals surface area contributed by atoms with Crippen LogP contribution in [0.15, 0.2) is 0 Å². The minimum absolute atomic E-state index is 0.493. The smallest absolute Gasteiger partial charge is 0.373 e. The van der Waals surface area contributed by atoms with Gasteiger partial charge in [0.1, 0.15) is 0 Å². The molecular weight excluding hydrogens is 332 g/mol. The predicted molar refractivity (Wildman–Crippen MR) is 104 cm³/mol. The van der Waals surface area contributed by atoms with E-state index in [-0.39, 0.29) is 0 Å². The molecule has 0 aromatic heterocycles. The molecule has 25 heavy (non-hydrogen) atoms. The Kier molecular flexibility index (Phi) is 8.40. The van der Waals surface area contributed by atoms with E-state index in [0.29, 0.717) is 30.0 Å². The second-order valence-corrected chi connectivity index (χ2v) is 12.0. The molecule has 2 fully saturated rings. The molecule has 2 rings (SSSR count). The van der Waals surface area contributed by atoms with Crippen LogP contribution in [-0.4, -0.2) is 40.8 Å². The van der Waals surface area contributed by atoms with Crippen molar-refractivity contribution in [3.05, 3.63) is 0 Å². The molecule has 0 aromatic rings. The third-order valence-corrected chi connectivity index (χ3v) is 7.60. The molecule has 1 saturated carbocycles. The van der Waals surface area contributed by atoms with Crippen molar-refractivity contribution in [1.82, 2.24) is 0 Å². The highest BCUT2D eigenvalue weighted by Crippen LogP contribution is 2.41. The highest BCUT2D eigenvalue weighted by atomic mass is 28.4. The Morgan fingerprint density at radius 3 is 1.76 bits per heavy atom. The fourth-order valence-electron chi connectivity index (χ4n) is 3.35. The van der Waals surface area contributed by atoms with Crippen LogP contribution in [0.25, 0.3) is 0 Å². The van der Waals surface area contributed by atoms with E-state index in [2.05, 4.69) is 41.5 Å². The lowest BCUT2D eigenvalue weighted by Gasteiger charge is -2.33. The molecule has 0 spiro atoms. The maximum atomic E-state index is 6.38. The summed E-state index contributed by atoms with van der Waals surface area (Å²) in [5.74, 6) is 2.22. The van der Waals surface area contributed by atoms with Gasteiger partial charge in [0.15, 0.2) is 0 Å². The number of fused-ring (bicyclic) bond motifs is 1. The van der Waals surface area contributed by atoms with Crippen LogP contribution in [0.4, 0.5) is 0 Å². The minimum Gasteiger partial charge on any atom is -0.373 e. The number of rotatable bonds is 12. The number of hydrogen-bond acceptors (Lipinski definition) is 4. The van der Waals surface area contributed by atoms with Crippen molar-refractivity contribution in [2.75, 3.05) is 19.8 Å². The lowest BCUT2D eigenvalue weighted by Crippen LogP contribution is -2.48. The van der Waals surface area contributed by atoms with Crippen molar-refractivity contribution in [3.63, 3.8) is 0 Å². The van der Waals surface area contributed by atoms with E-state index in [4.69, 9.17) is 18.0 Å². The van der Waals surface area contributed by atoms with E-state index in [1.54, 1.807) is 0 Å². The summed E-state index contributed by atoms with van der Waals surface area (Å²) >= 11 is 0. The Balaban J connectivity index is 1.96. The summed E-state index contributed by atoms with van der Waals surface area (Å²) in [5, 5.41) is 0. The molecule has 3 atom stereocenters. The van der Waals surface area contributed by atoms with Crippen LogP contribution in [0.2, 0.25) is 6.04 Å². The first-order chi connectivity index (χ1) is 11.8. The van der Waals surface area contributed by atoms with Gasteiger partial charge in [0.05, 0.1) is 12.2 Å². The second-order valence-electron chi connectivity index (χ2n) is 9.23. The highest BCUT2D eigenvalue weighted by Gasteiger charge is 2.46. The first-order valence-corrected chi connectivity index (χ1v) is 12.3. The van der Waals surface area contributed by atoms with Crippen LogP contribution in [0.1, 0.15) is 67.2 Å². The van der Waals surface area contributed by atoms with Gasteiger partial charge in [-0.2, -0.15) is 0 Å². The fraction of sp³-hybridized carbons (Fsp3) is 1.00. The Hall–Kier alpha value is 0.0569. The predicted octanol–water partition coefficient (Wildman–Crippen LogP) is 4.90. The number of ether oxygens (including phenoxy) is 1. The van der Waals surface area contributed by atoms with Crippen molar-refractivity contribution >= 4 is 8.80 Å². The normalized spacial score (nSPS) is 26.5. The van der Waals surface area contributed by atoms with Crippen LogP contribution in [0.5, 0.6) is 0 Å². The average Bonchev–Trinajstić information content (AvgIpc) is 3.32. The topological polar surface area (TPSA) is 40.2 Å². The molecule has 4 nitrogen and oxygen atoms in total. The molecule has 1 aliphatic heterocycles. The van der Waals surface area contributed by atoms with E-state index in [1.165, 1.54) is 19.3 Å².